The van der Waals surface area contributed by atoms with E-state index in [0.717, 1.165) is 35.4 Å². The summed E-state index contributed by atoms with van der Waals surface area (Å²) in [6.45, 7) is 5.10. The molecule has 7 rings (SSSR count). The number of fused-ring (bicyclic) bond motifs is 2. The average molecular weight is 441 g/mol. The number of aliphatic hydroxyl groups excluding tert-OH is 1. The lowest BCUT2D eigenvalue weighted by molar-refractivity contribution is -0.0486. The minimum atomic E-state index is -0.407. The molecule has 6 heteroatoms. The molecule has 3 fully saturated rings. The molecular formula is C27H28N4O2. The lowest BCUT2D eigenvalue weighted by Gasteiger charge is -2.42. The lowest BCUT2D eigenvalue weighted by Crippen LogP contribution is -2.50. The van der Waals surface area contributed by atoms with Crippen LogP contribution < -0.4 is 5.73 Å². The second-order valence-electron chi connectivity index (χ2n) is 10.1. The second-order valence-corrected chi connectivity index (χ2v) is 10.1. The first kappa shape index (κ1) is 20.4. The van der Waals surface area contributed by atoms with Gasteiger partial charge in [0.05, 0.1) is 24.2 Å². The number of nitrogen functional groups attached to an aromatic ring is 1. The molecule has 6 nitrogen and oxygen atoms in total. The Morgan fingerprint density at radius 1 is 1.06 bits per heavy atom. The van der Waals surface area contributed by atoms with Crippen LogP contribution in [-0.2, 0) is 15.6 Å². The Labute approximate surface area is 193 Å². The molecule has 2 aliphatic heterocycles. The Bertz CT molecular complexity index is 1340. The van der Waals surface area contributed by atoms with Crippen LogP contribution in [-0.4, -0.2) is 38.3 Å². The van der Waals surface area contributed by atoms with Gasteiger partial charge in [0.25, 0.3) is 0 Å². The molecule has 0 radical (unpaired) electrons. The van der Waals surface area contributed by atoms with E-state index in [1.165, 1.54) is 11.1 Å². The van der Waals surface area contributed by atoms with Gasteiger partial charge in [0.15, 0.2) is 0 Å². The Morgan fingerprint density at radius 3 is 2.42 bits per heavy atom. The third-order valence-electron chi connectivity index (χ3n) is 7.70. The maximum Gasteiger partial charge on any atom is 0.150 e. The Hall–Kier alpha value is -3.22. The van der Waals surface area contributed by atoms with Crippen molar-refractivity contribution in [3.05, 3.63) is 83.9 Å². The van der Waals surface area contributed by atoms with Gasteiger partial charge in [0.2, 0.25) is 0 Å². The maximum absolute atomic E-state index is 9.76. The highest BCUT2D eigenvalue weighted by molar-refractivity contribution is 5.85. The van der Waals surface area contributed by atoms with Crippen molar-refractivity contribution in [1.82, 2.24) is 14.4 Å². The summed E-state index contributed by atoms with van der Waals surface area (Å²) in [5.41, 5.74) is 10.8. The van der Waals surface area contributed by atoms with Crippen molar-refractivity contribution in [1.29, 1.82) is 0 Å². The number of hydrogen-bond acceptors (Lipinski definition) is 5. The number of hydrogen-bond donors (Lipinski definition) is 2. The van der Waals surface area contributed by atoms with Crippen LogP contribution in [0.3, 0.4) is 0 Å². The van der Waals surface area contributed by atoms with Gasteiger partial charge in [0.1, 0.15) is 22.9 Å². The normalized spacial score (nSPS) is 24.2. The predicted molar refractivity (Wildman–Crippen MR) is 128 cm³/mol. The van der Waals surface area contributed by atoms with Gasteiger partial charge >= 0.3 is 0 Å². The van der Waals surface area contributed by atoms with Crippen LogP contribution >= 0.6 is 0 Å². The molecule has 33 heavy (non-hydrogen) atoms. The van der Waals surface area contributed by atoms with Gasteiger partial charge in [-0.2, -0.15) is 0 Å². The SMILES string of the molecule is CC(C)(c1ccccc1)c1ccc(-c2nc(C34COC(CO)(C3)C4)n3ccnc(N)c23)cc1. The molecule has 3 aliphatic rings. The monoisotopic (exact) mass is 440 g/mol. The molecule has 0 unspecified atom stereocenters. The highest BCUT2D eigenvalue weighted by Crippen LogP contribution is 2.58. The molecule has 2 bridgehead atoms. The summed E-state index contributed by atoms with van der Waals surface area (Å²) < 4.78 is 8.03. The summed E-state index contributed by atoms with van der Waals surface area (Å²) in [4.78, 5) is 9.45. The topological polar surface area (TPSA) is 85.7 Å². The van der Waals surface area contributed by atoms with Crippen molar-refractivity contribution < 1.29 is 9.84 Å². The van der Waals surface area contributed by atoms with E-state index in [0.29, 0.717) is 12.4 Å². The summed E-state index contributed by atoms with van der Waals surface area (Å²) in [7, 11) is 0. The third kappa shape index (κ3) is 2.87. The summed E-state index contributed by atoms with van der Waals surface area (Å²) >= 11 is 0. The van der Waals surface area contributed by atoms with Gasteiger partial charge in [-0.15, -0.1) is 0 Å². The number of aliphatic hydroxyl groups is 1. The number of anilines is 1. The van der Waals surface area contributed by atoms with E-state index >= 15 is 0 Å². The van der Waals surface area contributed by atoms with Crippen LogP contribution in [0, 0.1) is 0 Å². The minimum absolute atomic E-state index is 0.0489. The van der Waals surface area contributed by atoms with Gasteiger partial charge in [0, 0.05) is 23.4 Å². The van der Waals surface area contributed by atoms with Crippen LogP contribution in [0.5, 0.6) is 0 Å². The molecule has 4 aromatic rings. The van der Waals surface area contributed by atoms with Crippen molar-refractivity contribution in [3.8, 4) is 11.3 Å². The van der Waals surface area contributed by atoms with E-state index in [-0.39, 0.29) is 17.4 Å². The first-order valence-corrected chi connectivity index (χ1v) is 11.4. The highest BCUT2D eigenvalue weighted by Gasteiger charge is 2.64. The van der Waals surface area contributed by atoms with E-state index in [1.807, 2.05) is 12.3 Å². The van der Waals surface area contributed by atoms with Crippen molar-refractivity contribution in [2.45, 2.75) is 43.1 Å². The van der Waals surface area contributed by atoms with Gasteiger partial charge in [-0.25, -0.2) is 9.97 Å². The largest absolute Gasteiger partial charge is 0.393 e. The first-order chi connectivity index (χ1) is 15.9. The zero-order chi connectivity index (χ0) is 22.8. The molecule has 0 spiro atoms. The number of rotatable bonds is 5. The minimum Gasteiger partial charge on any atom is -0.393 e. The zero-order valence-corrected chi connectivity index (χ0v) is 19.0. The van der Waals surface area contributed by atoms with Crippen molar-refractivity contribution in [2.24, 2.45) is 0 Å². The Balaban J connectivity index is 1.43. The summed E-state index contributed by atoms with van der Waals surface area (Å²) in [6, 6.07) is 19.2. The number of aromatic nitrogens is 3. The van der Waals surface area contributed by atoms with Crippen molar-refractivity contribution >= 4 is 11.3 Å². The van der Waals surface area contributed by atoms with Gasteiger partial charge in [-0.05, 0) is 24.0 Å². The fourth-order valence-electron chi connectivity index (χ4n) is 5.76. The fraction of sp³-hybridized carbons (Fsp3) is 0.333. The van der Waals surface area contributed by atoms with Crippen molar-refractivity contribution in [2.75, 3.05) is 18.9 Å². The molecule has 2 saturated heterocycles. The molecule has 0 amide bonds. The molecule has 1 aliphatic carbocycles. The zero-order valence-electron chi connectivity index (χ0n) is 19.0. The van der Waals surface area contributed by atoms with Crippen LogP contribution in [0.1, 0.15) is 43.6 Å². The van der Waals surface area contributed by atoms with E-state index in [2.05, 4.69) is 71.8 Å². The maximum atomic E-state index is 9.76. The Kier molecular flexibility index (Phi) is 4.26. The molecule has 3 N–H and O–H groups in total. The summed E-state index contributed by atoms with van der Waals surface area (Å²) in [5, 5.41) is 9.76. The highest BCUT2D eigenvalue weighted by atomic mass is 16.5. The number of benzene rings is 2. The van der Waals surface area contributed by atoms with E-state index in [4.69, 9.17) is 15.5 Å². The van der Waals surface area contributed by atoms with Crippen LogP contribution in [0.25, 0.3) is 16.8 Å². The van der Waals surface area contributed by atoms with E-state index in [1.54, 1.807) is 6.20 Å². The molecule has 2 aromatic heterocycles. The quantitative estimate of drug-likeness (QED) is 0.488. The first-order valence-electron chi connectivity index (χ1n) is 11.4. The van der Waals surface area contributed by atoms with E-state index < -0.39 is 5.60 Å². The van der Waals surface area contributed by atoms with Crippen LogP contribution in [0.4, 0.5) is 5.82 Å². The number of ether oxygens (including phenoxy) is 1. The second kappa shape index (κ2) is 6.89. The molecule has 2 aromatic carbocycles. The van der Waals surface area contributed by atoms with Crippen LogP contribution in [0.15, 0.2) is 67.0 Å². The van der Waals surface area contributed by atoms with E-state index in [9.17, 15) is 5.11 Å². The molecule has 4 heterocycles. The fourth-order valence-corrected chi connectivity index (χ4v) is 5.76. The predicted octanol–water partition coefficient (Wildman–Crippen LogP) is 4.10. The third-order valence-corrected chi connectivity index (χ3v) is 7.70. The standard InChI is InChI=1S/C27H28N4O2/c1-25(2,19-6-4-3-5-7-19)20-10-8-18(9-11-20)21-22-23(28)29-12-13-31(22)24(30-21)26-14-27(15-26,16-32)33-17-26/h3-13,32H,14-17H2,1-2H3,(H2,28,29). The van der Waals surface area contributed by atoms with Gasteiger partial charge in [-0.3, -0.25) is 4.40 Å². The molecule has 168 valence electrons. The number of nitrogens with zero attached hydrogens (tertiary/aromatic N) is 3. The number of nitrogens with two attached hydrogens (primary N) is 1. The summed E-state index contributed by atoms with van der Waals surface area (Å²) in [5.74, 6) is 1.40. The van der Waals surface area contributed by atoms with Gasteiger partial charge in [-0.1, -0.05) is 68.4 Å². The van der Waals surface area contributed by atoms with Crippen LogP contribution in [0.2, 0.25) is 0 Å². The average Bonchev–Trinajstić information content (AvgIpc) is 3.50. The molecule has 0 atom stereocenters. The van der Waals surface area contributed by atoms with Crippen molar-refractivity contribution in [3.63, 3.8) is 0 Å². The molecule has 1 saturated carbocycles. The number of imidazole rings is 1. The summed E-state index contributed by atoms with van der Waals surface area (Å²) in [6.07, 6.45) is 5.20. The lowest BCUT2D eigenvalue weighted by atomic mass is 9.62. The smallest absolute Gasteiger partial charge is 0.150 e. The molecular weight excluding hydrogens is 412 g/mol. The Morgan fingerprint density at radius 2 is 1.76 bits per heavy atom. The van der Waals surface area contributed by atoms with Gasteiger partial charge < -0.3 is 15.6 Å².